The lowest BCUT2D eigenvalue weighted by molar-refractivity contribution is 0.597. The molecule has 0 atom stereocenters. The number of hydrogen-bond acceptors (Lipinski definition) is 6. The number of fused-ring (bicyclic) bond motifs is 1. The molecule has 128 valence electrons. The number of primary sulfonamides is 1. The molecular weight excluding hydrogens is 326 g/mol. The number of hydrogen-bond donors (Lipinski definition) is 2. The highest BCUT2D eigenvalue weighted by Crippen LogP contribution is 2.26. The topological polar surface area (TPSA) is 101 Å². The van der Waals surface area contributed by atoms with Gasteiger partial charge in [-0.2, -0.15) is 0 Å². The Bertz CT molecular complexity index is 851. The van der Waals surface area contributed by atoms with Gasteiger partial charge in [-0.15, -0.1) is 0 Å². The van der Waals surface area contributed by atoms with Crippen molar-refractivity contribution in [2.24, 2.45) is 5.14 Å². The molecule has 2 aromatic rings. The van der Waals surface area contributed by atoms with Crippen LogP contribution in [0.15, 0.2) is 35.5 Å². The third kappa shape index (κ3) is 3.65. The van der Waals surface area contributed by atoms with Gasteiger partial charge in [0.2, 0.25) is 10.0 Å². The molecule has 1 aromatic carbocycles. The Kier molecular flexibility index (Phi) is 4.42. The van der Waals surface area contributed by atoms with Crippen molar-refractivity contribution < 1.29 is 8.42 Å². The van der Waals surface area contributed by atoms with Crippen LogP contribution in [0.25, 0.3) is 0 Å². The van der Waals surface area contributed by atoms with E-state index in [1.54, 1.807) is 12.1 Å². The van der Waals surface area contributed by atoms with Crippen molar-refractivity contribution in [3.8, 4) is 0 Å². The maximum absolute atomic E-state index is 11.6. The number of nitrogens with one attached hydrogen (secondary N) is 1. The number of aromatic nitrogens is 2. The van der Waals surface area contributed by atoms with E-state index >= 15 is 0 Å². The first-order chi connectivity index (χ1) is 11.3. The average Bonchev–Trinajstić information content (AvgIpc) is 2.52. The van der Waals surface area contributed by atoms with Crippen molar-refractivity contribution in [3.63, 3.8) is 0 Å². The summed E-state index contributed by atoms with van der Waals surface area (Å²) in [6.45, 7) is 5.51. The third-order valence-electron chi connectivity index (χ3n) is 3.93. The zero-order chi connectivity index (χ0) is 17.3. The zero-order valence-corrected chi connectivity index (χ0v) is 14.5. The van der Waals surface area contributed by atoms with Crippen LogP contribution in [0.4, 0.5) is 11.6 Å². The van der Waals surface area contributed by atoms with E-state index in [1.165, 1.54) is 6.33 Å². The van der Waals surface area contributed by atoms with Crippen LogP contribution in [0, 0.1) is 0 Å². The maximum atomic E-state index is 11.6. The summed E-state index contributed by atoms with van der Waals surface area (Å²) in [6.07, 6.45) is 2.37. The van der Waals surface area contributed by atoms with Gasteiger partial charge in [0.25, 0.3) is 0 Å². The standard InChI is InChI=1S/C16H21N5O2S/c1-11(2)20-15-8-16(19-10-18-15)21-6-5-12-3-4-14(24(17,22)23)7-13(12)9-21/h3-4,7-8,10-11H,5-6,9H2,1-2H3,(H2,17,22,23)(H,18,19,20). The monoisotopic (exact) mass is 347 g/mol. The quantitative estimate of drug-likeness (QED) is 0.869. The largest absolute Gasteiger partial charge is 0.368 e. The van der Waals surface area contributed by atoms with Gasteiger partial charge in [0.1, 0.15) is 18.0 Å². The normalized spacial score (nSPS) is 14.6. The summed E-state index contributed by atoms with van der Waals surface area (Å²) < 4.78 is 23.1. The molecule has 7 nitrogen and oxygen atoms in total. The highest BCUT2D eigenvalue weighted by atomic mass is 32.2. The van der Waals surface area contributed by atoms with Crippen LogP contribution in [0.2, 0.25) is 0 Å². The van der Waals surface area contributed by atoms with E-state index < -0.39 is 10.0 Å². The minimum atomic E-state index is -3.69. The summed E-state index contributed by atoms with van der Waals surface area (Å²) >= 11 is 0. The summed E-state index contributed by atoms with van der Waals surface area (Å²) in [5.74, 6) is 1.60. The van der Waals surface area contributed by atoms with Crippen molar-refractivity contribution in [2.75, 3.05) is 16.8 Å². The Labute approximate surface area is 142 Å². The van der Waals surface area contributed by atoms with E-state index in [9.17, 15) is 8.42 Å². The zero-order valence-electron chi connectivity index (χ0n) is 13.7. The van der Waals surface area contributed by atoms with Gasteiger partial charge in [-0.25, -0.2) is 23.5 Å². The van der Waals surface area contributed by atoms with Crippen LogP contribution < -0.4 is 15.4 Å². The molecule has 3 rings (SSSR count). The Balaban J connectivity index is 1.87. The maximum Gasteiger partial charge on any atom is 0.238 e. The lowest BCUT2D eigenvalue weighted by Crippen LogP contribution is -2.31. The molecule has 0 unspecified atom stereocenters. The molecule has 0 bridgehead atoms. The molecule has 0 saturated carbocycles. The van der Waals surface area contributed by atoms with Crippen LogP contribution in [0.3, 0.4) is 0 Å². The van der Waals surface area contributed by atoms with Crippen LogP contribution in [-0.2, 0) is 23.0 Å². The van der Waals surface area contributed by atoms with E-state index in [1.807, 2.05) is 26.0 Å². The molecule has 1 aromatic heterocycles. The number of rotatable bonds is 4. The predicted molar refractivity (Wildman–Crippen MR) is 93.4 cm³/mol. The van der Waals surface area contributed by atoms with Crippen molar-refractivity contribution in [1.29, 1.82) is 0 Å². The molecule has 0 spiro atoms. The summed E-state index contributed by atoms with van der Waals surface area (Å²) in [4.78, 5) is 10.8. The fourth-order valence-corrected chi connectivity index (χ4v) is 3.36. The molecule has 0 radical (unpaired) electrons. The van der Waals surface area contributed by atoms with Gasteiger partial charge in [0.05, 0.1) is 4.90 Å². The molecule has 1 aliphatic rings. The lowest BCUT2D eigenvalue weighted by atomic mass is 10.00. The van der Waals surface area contributed by atoms with Gasteiger partial charge in [-0.05, 0) is 43.5 Å². The Morgan fingerprint density at radius 1 is 1.21 bits per heavy atom. The van der Waals surface area contributed by atoms with Gasteiger partial charge >= 0.3 is 0 Å². The molecule has 1 aliphatic heterocycles. The smallest absolute Gasteiger partial charge is 0.238 e. The van der Waals surface area contributed by atoms with E-state index in [0.717, 1.165) is 35.7 Å². The Hall–Kier alpha value is -2.19. The SMILES string of the molecule is CC(C)Nc1cc(N2CCc3ccc(S(N)(=O)=O)cc3C2)ncn1. The van der Waals surface area contributed by atoms with E-state index in [2.05, 4.69) is 20.2 Å². The predicted octanol–water partition coefficient (Wildman–Crippen LogP) is 1.51. The fourth-order valence-electron chi connectivity index (χ4n) is 2.80. The highest BCUT2D eigenvalue weighted by Gasteiger charge is 2.20. The molecule has 0 fully saturated rings. The van der Waals surface area contributed by atoms with Gasteiger partial charge in [-0.3, -0.25) is 0 Å². The lowest BCUT2D eigenvalue weighted by Gasteiger charge is -2.30. The summed E-state index contributed by atoms with van der Waals surface area (Å²) in [5.41, 5.74) is 2.11. The Morgan fingerprint density at radius 3 is 2.71 bits per heavy atom. The Morgan fingerprint density at radius 2 is 2.00 bits per heavy atom. The van der Waals surface area contributed by atoms with E-state index in [-0.39, 0.29) is 10.9 Å². The second-order valence-electron chi connectivity index (χ2n) is 6.21. The molecule has 8 heteroatoms. The molecule has 2 heterocycles. The van der Waals surface area contributed by atoms with Crippen LogP contribution >= 0.6 is 0 Å². The van der Waals surface area contributed by atoms with Crippen molar-refractivity contribution in [2.45, 2.75) is 37.8 Å². The highest BCUT2D eigenvalue weighted by molar-refractivity contribution is 7.89. The summed E-state index contributed by atoms with van der Waals surface area (Å²) in [5, 5.41) is 8.49. The number of nitrogens with zero attached hydrogens (tertiary/aromatic N) is 3. The fraction of sp³-hybridized carbons (Fsp3) is 0.375. The van der Waals surface area contributed by atoms with Gasteiger partial charge in [0.15, 0.2) is 0 Å². The number of nitrogens with two attached hydrogens (primary N) is 1. The van der Waals surface area contributed by atoms with Gasteiger partial charge in [-0.1, -0.05) is 6.07 Å². The molecule has 0 amide bonds. The van der Waals surface area contributed by atoms with Crippen molar-refractivity contribution in [1.82, 2.24) is 9.97 Å². The summed E-state index contributed by atoms with van der Waals surface area (Å²) in [7, 11) is -3.69. The van der Waals surface area contributed by atoms with Crippen LogP contribution in [0.5, 0.6) is 0 Å². The van der Waals surface area contributed by atoms with Crippen molar-refractivity contribution >= 4 is 21.7 Å². The molecule has 3 N–H and O–H groups in total. The molecule has 0 aliphatic carbocycles. The average molecular weight is 347 g/mol. The molecule has 0 saturated heterocycles. The first kappa shape index (κ1) is 16.7. The van der Waals surface area contributed by atoms with Crippen LogP contribution in [0.1, 0.15) is 25.0 Å². The van der Waals surface area contributed by atoms with Gasteiger partial charge < -0.3 is 10.2 Å². The molecular formula is C16H21N5O2S. The third-order valence-corrected chi connectivity index (χ3v) is 4.84. The number of benzene rings is 1. The minimum Gasteiger partial charge on any atom is -0.368 e. The van der Waals surface area contributed by atoms with E-state index in [4.69, 9.17) is 5.14 Å². The summed E-state index contributed by atoms with van der Waals surface area (Å²) in [6, 6.07) is 7.27. The minimum absolute atomic E-state index is 0.146. The number of anilines is 2. The first-order valence-corrected chi connectivity index (χ1v) is 9.36. The van der Waals surface area contributed by atoms with Gasteiger partial charge in [0, 0.05) is 25.2 Å². The second-order valence-corrected chi connectivity index (χ2v) is 7.77. The van der Waals surface area contributed by atoms with E-state index in [0.29, 0.717) is 6.54 Å². The first-order valence-electron chi connectivity index (χ1n) is 7.81. The van der Waals surface area contributed by atoms with Crippen molar-refractivity contribution in [3.05, 3.63) is 41.7 Å². The number of sulfonamides is 1. The van der Waals surface area contributed by atoms with Crippen LogP contribution in [-0.4, -0.2) is 31.0 Å². The molecule has 24 heavy (non-hydrogen) atoms. The second kappa shape index (κ2) is 6.37.